The summed E-state index contributed by atoms with van der Waals surface area (Å²) in [7, 11) is 2.05. The monoisotopic (exact) mass is 284 g/mol. The Morgan fingerprint density at radius 3 is 2.86 bits per heavy atom. The molecule has 5 heteroatoms. The number of hydrogen-bond acceptors (Lipinski definition) is 4. The van der Waals surface area contributed by atoms with E-state index in [9.17, 15) is 4.79 Å². The molecule has 1 aromatic carbocycles. The van der Waals surface area contributed by atoms with Gasteiger partial charge in [-0.25, -0.2) is 5.84 Å². The lowest BCUT2D eigenvalue weighted by Crippen LogP contribution is -2.35. The van der Waals surface area contributed by atoms with E-state index in [4.69, 9.17) is 10.8 Å². The van der Waals surface area contributed by atoms with Crippen LogP contribution in [0.5, 0.6) is 0 Å². The summed E-state index contributed by atoms with van der Waals surface area (Å²) >= 11 is 0. The van der Waals surface area contributed by atoms with Crippen LogP contribution in [0.4, 0.5) is 0 Å². The van der Waals surface area contributed by atoms with Gasteiger partial charge in [0.1, 0.15) is 0 Å². The topological polar surface area (TPSA) is 71.2 Å². The van der Waals surface area contributed by atoms with Gasteiger partial charge in [0.2, 0.25) is 0 Å². The summed E-state index contributed by atoms with van der Waals surface area (Å²) in [5.74, 6) is 5.17. The molecule has 0 radical (unpaired) electrons. The summed E-state index contributed by atoms with van der Waals surface area (Å²) in [5.41, 5.74) is 8.10. The van der Waals surface area contributed by atoms with E-state index < -0.39 is 0 Å². The molecule has 1 aliphatic rings. The van der Waals surface area contributed by atoms with Crippen LogP contribution in [0, 0.1) is 13.8 Å². The molecule has 2 heterocycles. The highest BCUT2D eigenvalue weighted by molar-refractivity contribution is 6.08. The first-order chi connectivity index (χ1) is 10.0. The molecule has 0 aliphatic carbocycles. The first-order valence-corrected chi connectivity index (χ1v) is 7.13. The molecule has 0 saturated heterocycles. The highest BCUT2D eigenvalue weighted by Crippen LogP contribution is 2.30. The van der Waals surface area contributed by atoms with Gasteiger partial charge in [0.25, 0.3) is 5.91 Å². The number of carbonyl (C=O) groups excluding carboxylic acids is 1. The van der Waals surface area contributed by atoms with Crippen LogP contribution in [0.25, 0.3) is 10.9 Å². The van der Waals surface area contributed by atoms with Crippen molar-refractivity contribution in [2.24, 2.45) is 5.84 Å². The second-order valence-electron chi connectivity index (χ2n) is 5.85. The van der Waals surface area contributed by atoms with E-state index in [1.54, 1.807) is 0 Å². The third-order valence-corrected chi connectivity index (χ3v) is 4.13. The van der Waals surface area contributed by atoms with Gasteiger partial charge in [-0.3, -0.25) is 15.2 Å². The second-order valence-corrected chi connectivity index (χ2v) is 5.85. The van der Waals surface area contributed by atoms with Crippen molar-refractivity contribution >= 4 is 16.8 Å². The molecule has 1 amide bonds. The number of nitrogen functional groups attached to an aromatic ring is 1. The van der Waals surface area contributed by atoms with Crippen LogP contribution in [0.2, 0.25) is 0 Å². The van der Waals surface area contributed by atoms with Gasteiger partial charge in [-0.15, -0.1) is 0 Å². The molecule has 0 atom stereocenters. The van der Waals surface area contributed by atoms with Gasteiger partial charge in [-0.2, -0.15) is 0 Å². The zero-order valence-electron chi connectivity index (χ0n) is 12.7. The van der Waals surface area contributed by atoms with Crippen LogP contribution < -0.4 is 11.3 Å². The van der Waals surface area contributed by atoms with Crippen molar-refractivity contribution in [3.8, 4) is 0 Å². The van der Waals surface area contributed by atoms with Gasteiger partial charge in [-0.1, -0.05) is 6.07 Å². The van der Waals surface area contributed by atoms with Crippen molar-refractivity contribution in [3.63, 3.8) is 0 Å². The molecule has 1 aliphatic heterocycles. The molecular weight excluding hydrogens is 264 g/mol. The number of amides is 1. The molecule has 0 bridgehead atoms. The maximum Gasteiger partial charge on any atom is 0.266 e. The maximum absolute atomic E-state index is 12.4. The van der Waals surface area contributed by atoms with Gasteiger partial charge < -0.3 is 4.90 Å². The van der Waals surface area contributed by atoms with E-state index in [1.165, 1.54) is 0 Å². The predicted molar refractivity (Wildman–Crippen MR) is 82.9 cm³/mol. The smallest absolute Gasteiger partial charge is 0.266 e. The third kappa shape index (κ3) is 2.28. The summed E-state index contributed by atoms with van der Waals surface area (Å²) in [5, 5.41) is 0.914. The summed E-state index contributed by atoms with van der Waals surface area (Å²) in [6, 6.07) is 4.12. The number of likely N-dealkylation sites (N-methyl/N-ethyl adjacent to an activating group) is 1. The number of rotatable bonds is 1. The number of benzene rings is 1. The SMILES string of the molecule is Cc1cc(C)c2c(C(=O)NN)c3c(nc2c1)CCN(C)C3. The minimum Gasteiger partial charge on any atom is -0.302 e. The molecule has 3 N–H and O–H groups in total. The fourth-order valence-corrected chi connectivity index (χ4v) is 3.21. The lowest BCUT2D eigenvalue weighted by molar-refractivity contribution is 0.0952. The van der Waals surface area contributed by atoms with E-state index in [-0.39, 0.29) is 5.91 Å². The Labute approximate surface area is 124 Å². The zero-order valence-corrected chi connectivity index (χ0v) is 12.7. The average Bonchev–Trinajstić information content (AvgIpc) is 2.44. The van der Waals surface area contributed by atoms with Gasteiger partial charge in [0.05, 0.1) is 11.1 Å². The fourth-order valence-electron chi connectivity index (χ4n) is 3.21. The van der Waals surface area contributed by atoms with Crippen LogP contribution >= 0.6 is 0 Å². The summed E-state index contributed by atoms with van der Waals surface area (Å²) in [4.78, 5) is 19.4. The normalized spacial score (nSPS) is 15.0. The summed E-state index contributed by atoms with van der Waals surface area (Å²) in [6.45, 7) is 5.75. The van der Waals surface area contributed by atoms with E-state index >= 15 is 0 Å². The Balaban J connectivity index is 2.40. The number of hydrazine groups is 1. The predicted octanol–water partition coefficient (Wildman–Crippen LogP) is 1.44. The van der Waals surface area contributed by atoms with Crippen molar-refractivity contribution in [2.75, 3.05) is 13.6 Å². The number of fused-ring (bicyclic) bond motifs is 2. The first kappa shape index (κ1) is 14.0. The maximum atomic E-state index is 12.4. The van der Waals surface area contributed by atoms with Crippen molar-refractivity contribution < 1.29 is 4.79 Å². The highest BCUT2D eigenvalue weighted by atomic mass is 16.2. The van der Waals surface area contributed by atoms with E-state index in [0.717, 1.165) is 52.8 Å². The number of aromatic nitrogens is 1. The number of carbonyl (C=O) groups is 1. The summed E-state index contributed by atoms with van der Waals surface area (Å²) < 4.78 is 0. The van der Waals surface area contributed by atoms with Gasteiger partial charge >= 0.3 is 0 Å². The van der Waals surface area contributed by atoms with Crippen molar-refractivity contribution in [1.82, 2.24) is 15.3 Å². The number of hydrogen-bond donors (Lipinski definition) is 2. The van der Waals surface area contributed by atoms with Crippen molar-refractivity contribution in [1.29, 1.82) is 0 Å². The number of nitrogens with one attached hydrogen (secondary N) is 1. The van der Waals surface area contributed by atoms with Crippen LogP contribution in [0.3, 0.4) is 0 Å². The molecule has 21 heavy (non-hydrogen) atoms. The quantitative estimate of drug-likeness (QED) is 0.472. The Kier molecular flexibility index (Phi) is 3.39. The molecular formula is C16H20N4O. The highest BCUT2D eigenvalue weighted by Gasteiger charge is 2.25. The van der Waals surface area contributed by atoms with Crippen LogP contribution in [0.1, 0.15) is 32.7 Å². The Hall–Kier alpha value is -1.98. The van der Waals surface area contributed by atoms with E-state index in [2.05, 4.69) is 23.4 Å². The van der Waals surface area contributed by atoms with Gasteiger partial charge in [0, 0.05) is 36.2 Å². The molecule has 0 unspecified atom stereocenters. The number of pyridine rings is 1. The lowest BCUT2D eigenvalue weighted by atomic mass is 9.92. The average molecular weight is 284 g/mol. The van der Waals surface area contributed by atoms with Gasteiger partial charge in [0.15, 0.2) is 0 Å². The molecule has 0 spiro atoms. The molecule has 0 fully saturated rings. The zero-order chi connectivity index (χ0) is 15.1. The standard InChI is InChI=1S/C16H20N4O/c1-9-6-10(2)14-13(7-9)18-12-4-5-20(3)8-11(12)15(14)16(21)19-17/h6-7H,4-5,8,17H2,1-3H3,(H,19,21). The van der Waals surface area contributed by atoms with Crippen molar-refractivity contribution in [3.05, 3.63) is 40.1 Å². The van der Waals surface area contributed by atoms with Crippen LogP contribution in [-0.2, 0) is 13.0 Å². The van der Waals surface area contributed by atoms with Crippen molar-refractivity contribution in [2.45, 2.75) is 26.8 Å². The van der Waals surface area contributed by atoms with Gasteiger partial charge in [-0.05, 0) is 38.1 Å². The third-order valence-electron chi connectivity index (χ3n) is 4.13. The number of nitrogens with zero attached hydrogens (tertiary/aromatic N) is 2. The Bertz CT molecular complexity index is 739. The molecule has 0 saturated carbocycles. The largest absolute Gasteiger partial charge is 0.302 e. The minimum absolute atomic E-state index is 0.235. The molecule has 2 aromatic rings. The Morgan fingerprint density at radius 2 is 2.14 bits per heavy atom. The number of nitrogens with two attached hydrogens (primary N) is 1. The first-order valence-electron chi connectivity index (χ1n) is 7.13. The van der Waals surface area contributed by atoms with Crippen LogP contribution in [-0.4, -0.2) is 29.4 Å². The fraction of sp³-hybridized carbons (Fsp3) is 0.375. The lowest BCUT2D eigenvalue weighted by Gasteiger charge is -2.27. The molecule has 5 nitrogen and oxygen atoms in total. The second kappa shape index (κ2) is 5.09. The molecule has 1 aromatic heterocycles. The molecule has 110 valence electrons. The minimum atomic E-state index is -0.235. The Morgan fingerprint density at radius 1 is 1.38 bits per heavy atom. The van der Waals surface area contributed by atoms with Crippen LogP contribution in [0.15, 0.2) is 12.1 Å². The van der Waals surface area contributed by atoms with E-state index in [0.29, 0.717) is 5.56 Å². The van der Waals surface area contributed by atoms with E-state index in [1.807, 2.05) is 19.9 Å². The number of aryl methyl sites for hydroxylation is 2. The summed E-state index contributed by atoms with van der Waals surface area (Å²) in [6.07, 6.45) is 0.861. The molecule has 3 rings (SSSR count).